The maximum absolute atomic E-state index is 11.5. The number of urea groups is 1. The fraction of sp³-hybridized carbons (Fsp3) is 0.300. The van der Waals surface area contributed by atoms with E-state index >= 15 is 0 Å². The van der Waals surface area contributed by atoms with Crippen molar-refractivity contribution in [2.45, 2.75) is 6.92 Å². The van der Waals surface area contributed by atoms with Crippen LogP contribution in [0.3, 0.4) is 0 Å². The maximum Gasteiger partial charge on any atom is 0.322 e. The molecule has 2 rings (SSSR count). The molecule has 1 aliphatic rings. The van der Waals surface area contributed by atoms with Gasteiger partial charge in [0.2, 0.25) is 0 Å². The first-order chi connectivity index (χ1) is 6.68. The molecule has 4 heteroatoms. The van der Waals surface area contributed by atoms with Crippen LogP contribution in [-0.2, 0) is 0 Å². The van der Waals surface area contributed by atoms with Crippen molar-refractivity contribution in [3.05, 3.63) is 27.3 Å². The van der Waals surface area contributed by atoms with E-state index in [2.05, 4.69) is 27.9 Å². The number of hydrogen-bond acceptors (Lipinski definition) is 1. The van der Waals surface area contributed by atoms with Crippen LogP contribution in [0.4, 0.5) is 10.5 Å². The highest BCUT2D eigenvalue weighted by molar-refractivity contribution is 14.1. The summed E-state index contributed by atoms with van der Waals surface area (Å²) in [5.41, 5.74) is 2.16. The van der Waals surface area contributed by atoms with Gasteiger partial charge < -0.3 is 5.32 Å². The smallest absolute Gasteiger partial charge is 0.322 e. The Labute approximate surface area is 96.6 Å². The van der Waals surface area contributed by atoms with Crippen LogP contribution in [0.25, 0.3) is 0 Å². The van der Waals surface area contributed by atoms with Crippen LogP contribution < -0.4 is 10.2 Å². The molecular formula is C10H11IN2O. The van der Waals surface area contributed by atoms with Gasteiger partial charge in [-0.25, -0.2) is 4.79 Å². The predicted octanol–water partition coefficient (Wildman–Crippen LogP) is 2.13. The monoisotopic (exact) mass is 302 g/mol. The van der Waals surface area contributed by atoms with E-state index in [9.17, 15) is 4.79 Å². The lowest BCUT2D eigenvalue weighted by atomic mass is 10.2. The minimum absolute atomic E-state index is 0.00935. The normalized spacial score (nSPS) is 15.9. The summed E-state index contributed by atoms with van der Waals surface area (Å²) < 4.78 is 1.16. The third-order valence-electron chi connectivity index (χ3n) is 2.32. The van der Waals surface area contributed by atoms with E-state index in [4.69, 9.17) is 0 Å². The average Bonchev–Trinajstić information content (AvgIpc) is 2.56. The molecule has 0 saturated carbocycles. The summed E-state index contributed by atoms with van der Waals surface area (Å²) in [4.78, 5) is 13.2. The van der Waals surface area contributed by atoms with Crippen molar-refractivity contribution in [3.8, 4) is 0 Å². The van der Waals surface area contributed by atoms with Crippen molar-refractivity contribution in [3.63, 3.8) is 0 Å². The Kier molecular flexibility index (Phi) is 2.62. The highest BCUT2D eigenvalue weighted by Gasteiger charge is 2.22. The maximum atomic E-state index is 11.5. The second-order valence-corrected chi connectivity index (χ2v) is 4.56. The first-order valence-electron chi connectivity index (χ1n) is 4.50. The molecule has 0 aromatic heterocycles. The Balaban J connectivity index is 2.39. The van der Waals surface area contributed by atoms with Gasteiger partial charge in [-0.05, 0) is 47.2 Å². The molecule has 0 atom stereocenters. The van der Waals surface area contributed by atoms with Crippen LogP contribution >= 0.6 is 22.6 Å². The summed E-state index contributed by atoms with van der Waals surface area (Å²) in [7, 11) is 0. The molecular weight excluding hydrogens is 291 g/mol. The van der Waals surface area contributed by atoms with E-state index in [0.29, 0.717) is 0 Å². The third kappa shape index (κ3) is 1.70. The van der Waals surface area contributed by atoms with E-state index in [0.717, 1.165) is 27.9 Å². The second kappa shape index (κ2) is 3.76. The molecule has 0 unspecified atom stereocenters. The number of rotatable bonds is 1. The number of nitrogens with one attached hydrogen (secondary N) is 1. The van der Waals surface area contributed by atoms with Gasteiger partial charge >= 0.3 is 6.03 Å². The van der Waals surface area contributed by atoms with Gasteiger partial charge in [-0.3, -0.25) is 4.90 Å². The first kappa shape index (κ1) is 9.76. The largest absolute Gasteiger partial charge is 0.336 e. The molecule has 1 fully saturated rings. The van der Waals surface area contributed by atoms with Gasteiger partial charge in [0, 0.05) is 22.3 Å². The van der Waals surface area contributed by atoms with E-state index in [-0.39, 0.29) is 6.03 Å². The van der Waals surface area contributed by atoms with Crippen molar-refractivity contribution < 1.29 is 4.79 Å². The number of nitrogens with zero attached hydrogens (tertiary/aromatic N) is 1. The molecule has 0 bridgehead atoms. The Morgan fingerprint density at radius 2 is 2.29 bits per heavy atom. The standard InChI is InChI=1S/C10H11IN2O/c1-7-2-3-8(11)6-9(7)13-5-4-12-10(13)14/h2-3,6H,4-5H2,1H3,(H,12,14). The Morgan fingerprint density at radius 3 is 2.93 bits per heavy atom. The van der Waals surface area contributed by atoms with Crippen LogP contribution in [0, 0.1) is 10.5 Å². The summed E-state index contributed by atoms with van der Waals surface area (Å²) in [6.07, 6.45) is 0. The fourth-order valence-electron chi connectivity index (χ4n) is 1.57. The highest BCUT2D eigenvalue weighted by Crippen LogP contribution is 2.23. The van der Waals surface area contributed by atoms with E-state index in [1.807, 2.05) is 25.1 Å². The molecule has 1 saturated heterocycles. The molecule has 0 aliphatic carbocycles. The minimum Gasteiger partial charge on any atom is -0.336 e. The summed E-state index contributed by atoms with van der Waals surface area (Å²) in [5.74, 6) is 0. The SMILES string of the molecule is Cc1ccc(I)cc1N1CCNC1=O. The molecule has 1 aliphatic heterocycles. The minimum atomic E-state index is 0.00935. The van der Waals surface area contributed by atoms with Crippen molar-refractivity contribution in [1.29, 1.82) is 0 Å². The van der Waals surface area contributed by atoms with Crippen molar-refractivity contribution in [2.24, 2.45) is 0 Å². The topological polar surface area (TPSA) is 32.3 Å². The molecule has 2 amide bonds. The number of amides is 2. The Hall–Kier alpha value is -0.780. The first-order valence-corrected chi connectivity index (χ1v) is 5.58. The zero-order valence-corrected chi connectivity index (χ0v) is 10.0. The zero-order valence-electron chi connectivity index (χ0n) is 7.88. The molecule has 0 spiro atoms. The zero-order chi connectivity index (χ0) is 10.1. The van der Waals surface area contributed by atoms with Gasteiger partial charge in [-0.1, -0.05) is 6.07 Å². The quantitative estimate of drug-likeness (QED) is 0.792. The summed E-state index contributed by atoms with van der Waals surface area (Å²) >= 11 is 2.26. The molecule has 1 N–H and O–H groups in total. The van der Waals surface area contributed by atoms with Crippen LogP contribution in [0.1, 0.15) is 5.56 Å². The molecule has 74 valence electrons. The Bertz CT molecular complexity index is 378. The van der Waals surface area contributed by atoms with Crippen LogP contribution in [0.15, 0.2) is 18.2 Å². The second-order valence-electron chi connectivity index (χ2n) is 3.31. The molecule has 1 aromatic rings. The lowest BCUT2D eigenvalue weighted by Gasteiger charge is -2.17. The van der Waals surface area contributed by atoms with Gasteiger partial charge in [0.1, 0.15) is 0 Å². The van der Waals surface area contributed by atoms with Gasteiger partial charge in [0.05, 0.1) is 0 Å². The number of halogens is 1. The van der Waals surface area contributed by atoms with Gasteiger partial charge in [-0.15, -0.1) is 0 Å². The predicted molar refractivity (Wildman–Crippen MR) is 64.6 cm³/mol. The molecule has 1 heterocycles. The molecule has 0 radical (unpaired) electrons. The average molecular weight is 302 g/mol. The van der Waals surface area contributed by atoms with Crippen molar-refractivity contribution >= 4 is 34.3 Å². The molecule has 1 aromatic carbocycles. The number of carbonyl (C=O) groups excluding carboxylic acids is 1. The van der Waals surface area contributed by atoms with E-state index in [1.165, 1.54) is 0 Å². The number of anilines is 1. The fourth-order valence-corrected chi connectivity index (χ4v) is 2.05. The van der Waals surface area contributed by atoms with Gasteiger partial charge in [0.25, 0.3) is 0 Å². The van der Waals surface area contributed by atoms with E-state index < -0.39 is 0 Å². The van der Waals surface area contributed by atoms with Crippen molar-refractivity contribution in [1.82, 2.24) is 5.32 Å². The van der Waals surface area contributed by atoms with Gasteiger partial charge in [0.15, 0.2) is 0 Å². The summed E-state index contributed by atoms with van der Waals surface area (Å²) in [5, 5.41) is 2.80. The number of carbonyl (C=O) groups is 1. The van der Waals surface area contributed by atoms with Crippen LogP contribution in [0.2, 0.25) is 0 Å². The third-order valence-corrected chi connectivity index (χ3v) is 2.99. The van der Waals surface area contributed by atoms with Crippen LogP contribution in [0.5, 0.6) is 0 Å². The molecule has 14 heavy (non-hydrogen) atoms. The van der Waals surface area contributed by atoms with Gasteiger partial charge in [-0.2, -0.15) is 0 Å². The molecule has 3 nitrogen and oxygen atoms in total. The number of aryl methyl sites for hydroxylation is 1. The lowest BCUT2D eigenvalue weighted by Crippen LogP contribution is -2.28. The number of benzene rings is 1. The summed E-state index contributed by atoms with van der Waals surface area (Å²) in [6.45, 7) is 3.53. The Morgan fingerprint density at radius 1 is 1.50 bits per heavy atom. The highest BCUT2D eigenvalue weighted by atomic mass is 127. The lowest BCUT2D eigenvalue weighted by molar-refractivity contribution is 0.252. The number of hydrogen-bond donors (Lipinski definition) is 1. The van der Waals surface area contributed by atoms with E-state index in [1.54, 1.807) is 4.90 Å². The summed E-state index contributed by atoms with van der Waals surface area (Å²) in [6, 6.07) is 6.15. The van der Waals surface area contributed by atoms with Crippen molar-refractivity contribution in [2.75, 3.05) is 18.0 Å². The van der Waals surface area contributed by atoms with Crippen LogP contribution in [-0.4, -0.2) is 19.1 Å².